The molecule has 1 aromatic heterocycles. The summed E-state index contributed by atoms with van der Waals surface area (Å²) in [6.07, 6.45) is 3.61. The van der Waals surface area contributed by atoms with Gasteiger partial charge in [0.2, 0.25) is 5.91 Å². The number of fused-ring (bicyclic) bond motifs is 1. The van der Waals surface area contributed by atoms with E-state index in [4.69, 9.17) is 14.9 Å². The zero-order valence-electron chi connectivity index (χ0n) is 14.0. The first-order valence-electron chi connectivity index (χ1n) is 8.36. The lowest BCUT2D eigenvalue weighted by molar-refractivity contribution is -0.128. The van der Waals surface area contributed by atoms with Crippen molar-refractivity contribution in [1.29, 1.82) is 10.5 Å². The van der Waals surface area contributed by atoms with Crippen LogP contribution >= 0.6 is 0 Å². The lowest BCUT2D eigenvalue weighted by atomic mass is 10.1. The summed E-state index contributed by atoms with van der Waals surface area (Å²) in [6.45, 7) is 2.97. The molecule has 26 heavy (non-hydrogen) atoms. The molecule has 0 unspecified atom stereocenters. The van der Waals surface area contributed by atoms with Crippen LogP contribution in [0.15, 0.2) is 34.9 Å². The van der Waals surface area contributed by atoms with Gasteiger partial charge in [0.25, 0.3) is 0 Å². The van der Waals surface area contributed by atoms with Gasteiger partial charge in [-0.1, -0.05) is 12.1 Å². The van der Waals surface area contributed by atoms with Crippen molar-refractivity contribution in [3.8, 4) is 23.5 Å². The van der Waals surface area contributed by atoms with Crippen molar-refractivity contribution in [2.75, 3.05) is 37.6 Å². The summed E-state index contributed by atoms with van der Waals surface area (Å²) >= 11 is 0. The van der Waals surface area contributed by atoms with Gasteiger partial charge in [-0.05, 0) is 12.1 Å². The van der Waals surface area contributed by atoms with E-state index in [0.717, 1.165) is 12.1 Å². The molecule has 1 amide bonds. The number of hydrogen-bond donors (Lipinski definition) is 0. The normalized spacial score (nSPS) is 20.4. The highest BCUT2D eigenvalue weighted by Gasteiger charge is 2.40. The number of hydrogen-bond acceptors (Lipinski definition) is 7. The molecule has 0 bridgehead atoms. The smallest absolute Gasteiger partial charge is 0.304 e. The third kappa shape index (κ3) is 2.77. The topological polar surface area (TPSA) is 100 Å². The van der Waals surface area contributed by atoms with Crippen LogP contribution in [-0.4, -0.2) is 59.5 Å². The number of carbonyl (C=O) groups is 1. The van der Waals surface area contributed by atoms with E-state index >= 15 is 0 Å². The van der Waals surface area contributed by atoms with E-state index in [1.54, 1.807) is 28.0 Å². The molecule has 3 heterocycles. The monoisotopic (exact) mass is 348 g/mol. The molecule has 4 rings (SSSR count). The quantitative estimate of drug-likeness (QED) is 0.747. The third-order valence-corrected chi connectivity index (χ3v) is 4.80. The van der Waals surface area contributed by atoms with E-state index in [2.05, 4.69) is 22.1 Å². The van der Waals surface area contributed by atoms with E-state index < -0.39 is 0 Å². The van der Waals surface area contributed by atoms with Crippen molar-refractivity contribution in [2.45, 2.75) is 6.04 Å². The molecule has 2 fully saturated rings. The Bertz CT molecular complexity index is 924. The van der Waals surface area contributed by atoms with Crippen molar-refractivity contribution in [2.24, 2.45) is 0 Å². The van der Waals surface area contributed by atoms with Crippen LogP contribution in [0.4, 0.5) is 6.01 Å². The molecule has 8 heteroatoms. The molecule has 0 radical (unpaired) electrons. The summed E-state index contributed by atoms with van der Waals surface area (Å²) in [4.78, 5) is 22.6. The van der Waals surface area contributed by atoms with Crippen molar-refractivity contribution in [1.82, 2.24) is 14.8 Å². The zero-order valence-corrected chi connectivity index (χ0v) is 14.0. The Kier molecular flexibility index (Phi) is 4.04. The van der Waals surface area contributed by atoms with Gasteiger partial charge in [-0.2, -0.15) is 15.5 Å². The maximum Gasteiger partial charge on any atom is 0.304 e. The summed E-state index contributed by atoms with van der Waals surface area (Å²) in [6, 6.07) is 9.07. The Balaban J connectivity index is 1.57. The van der Waals surface area contributed by atoms with Crippen molar-refractivity contribution < 1.29 is 9.21 Å². The summed E-state index contributed by atoms with van der Waals surface area (Å²) in [5.41, 5.74) is 1.88. The van der Waals surface area contributed by atoms with E-state index in [1.807, 2.05) is 6.07 Å². The van der Waals surface area contributed by atoms with Crippen LogP contribution in [0.3, 0.4) is 0 Å². The minimum atomic E-state index is -0.352. The SMILES string of the molecule is N#Cc1cccc(-c2coc(N3CCN4CCN(C#N)C[C@@H]4C3=O)n2)c1. The number of oxazole rings is 1. The fraction of sp³-hybridized carbons (Fsp3) is 0.333. The Morgan fingerprint density at radius 1 is 1.19 bits per heavy atom. The lowest BCUT2D eigenvalue weighted by Gasteiger charge is -2.43. The molecule has 8 nitrogen and oxygen atoms in total. The highest BCUT2D eigenvalue weighted by molar-refractivity contribution is 5.96. The van der Waals surface area contributed by atoms with Gasteiger partial charge < -0.3 is 9.32 Å². The van der Waals surface area contributed by atoms with Gasteiger partial charge in [0.15, 0.2) is 6.19 Å². The highest BCUT2D eigenvalue weighted by atomic mass is 16.4. The summed E-state index contributed by atoms with van der Waals surface area (Å²) in [5, 5.41) is 18.1. The molecule has 1 aromatic carbocycles. The maximum absolute atomic E-state index is 12.9. The number of nitriles is 2. The van der Waals surface area contributed by atoms with Gasteiger partial charge in [-0.25, -0.2) is 0 Å². The van der Waals surface area contributed by atoms with Crippen LogP contribution in [0.5, 0.6) is 0 Å². The Morgan fingerprint density at radius 2 is 2.04 bits per heavy atom. The van der Waals surface area contributed by atoms with E-state index in [-0.39, 0.29) is 18.0 Å². The summed E-state index contributed by atoms with van der Waals surface area (Å²) in [5.74, 6) is -0.102. The third-order valence-electron chi connectivity index (χ3n) is 4.80. The first-order valence-corrected chi connectivity index (χ1v) is 8.36. The number of aromatic nitrogens is 1. The second kappa shape index (κ2) is 6.51. The second-order valence-electron chi connectivity index (χ2n) is 6.30. The standard InChI is InChI=1S/C18H16N6O2/c19-9-13-2-1-3-14(8-13)15-11-26-18(21-15)24-7-6-23-5-4-22(12-20)10-16(23)17(24)25/h1-3,8,11,16H,4-7,10H2/t16-/m1/s1. The van der Waals surface area contributed by atoms with Gasteiger partial charge in [0.05, 0.1) is 18.2 Å². The molecule has 0 saturated carbocycles. The van der Waals surface area contributed by atoms with Crippen LogP contribution in [0.2, 0.25) is 0 Å². The van der Waals surface area contributed by atoms with Crippen molar-refractivity contribution in [3.05, 3.63) is 36.1 Å². The number of anilines is 1. The Labute approximate surface area is 150 Å². The Hall–Kier alpha value is -3.36. The fourth-order valence-electron chi connectivity index (χ4n) is 3.39. The minimum Gasteiger partial charge on any atom is -0.431 e. The average molecular weight is 348 g/mol. The van der Waals surface area contributed by atoms with Crippen molar-refractivity contribution >= 4 is 11.9 Å². The molecular formula is C18H16N6O2. The van der Waals surface area contributed by atoms with Gasteiger partial charge in [0, 0.05) is 31.7 Å². The molecule has 2 aliphatic heterocycles. The van der Waals surface area contributed by atoms with E-state index in [1.165, 1.54) is 6.26 Å². The van der Waals surface area contributed by atoms with Crippen LogP contribution in [-0.2, 0) is 4.79 Å². The molecular weight excluding hydrogens is 332 g/mol. The molecule has 130 valence electrons. The number of benzene rings is 1. The van der Waals surface area contributed by atoms with Crippen LogP contribution in [0, 0.1) is 22.8 Å². The van der Waals surface area contributed by atoms with E-state index in [9.17, 15) is 4.79 Å². The van der Waals surface area contributed by atoms with Crippen LogP contribution in [0.25, 0.3) is 11.3 Å². The number of carbonyl (C=O) groups excluding carboxylic acids is 1. The van der Waals surface area contributed by atoms with Crippen molar-refractivity contribution in [3.63, 3.8) is 0 Å². The molecule has 1 atom stereocenters. The largest absolute Gasteiger partial charge is 0.431 e. The second-order valence-corrected chi connectivity index (χ2v) is 6.30. The van der Waals surface area contributed by atoms with Crippen LogP contribution in [0.1, 0.15) is 5.56 Å². The molecule has 2 aromatic rings. The Morgan fingerprint density at radius 3 is 2.85 bits per heavy atom. The molecule has 0 N–H and O–H groups in total. The lowest BCUT2D eigenvalue weighted by Crippen LogP contribution is -2.64. The first kappa shape index (κ1) is 16.1. The molecule has 2 aliphatic rings. The average Bonchev–Trinajstić information content (AvgIpc) is 3.18. The number of amides is 1. The number of nitrogens with zero attached hydrogens (tertiary/aromatic N) is 6. The van der Waals surface area contributed by atoms with Gasteiger partial charge in [-0.15, -0.1) is 0 Å². The molecule has 0 spiro atoms. The van der Waals surface area contributed by atoms with Gasteiger partial charge >= 0.3 is 6.01 Å². The maximum atomic E-state index is 12.9. The molecule has 0 aliphatic carbocycles. The minimum absolute atomic E-state index is 0.102. The van der Waals surface area contributed by atoms with Gasteiger partial charge in [0.1, 0.15) is 18.0 Å². The summed E-state index contributed by atoms with van der Waals surface area (Å²) in [7, 11) is 0. The fourth-order valence-corrected chi connectivity index (χ4v) is 3.39. The highest BCUT2D eigenvalue weighted by Crippen LogP contribution is 2.26. The number of rotatable bonds is 2. The zero-order chi connectivity index (χ0) is 18.1. The predicted octanol–water partition coefficient (Wildman–Crippen LogP) is 1.03. The predicted molar refractivity (Wildman–Crippen MR) is 91.6 cm³/mol. The first-order chi connectivity index (χ1) is 12.7. The van der Waals surface area contributed by atoms with E-state index in [0.29, 0.717) is 37.4 Å². The number of piperazine rings is 2. The molecule has 2 saturated heterocycles. The van der Waals surface area contributed by atoms with Gasteiger partial charge in [-0.3, -0.25) is 14.6 Å². The summed E-state index contributed by atoms with van der Waals surface area (Å²) < 4.78 is 5.55. The van der Waals surface area contributed by atoms with Crippen LogP contribution < -0.4 is 4.90 Å².